The molecular weight excluding hydrogens is 379 g/mol. The maximum atomic E-state index is 13.5. The summed E-state index contributed by atoms with van der Waals surface area (Å²) in [4.78, 5) is 4.46. The van der Waals surface area contributed by atoms with Crippen LogP contribution in [0.1, 0.15) is 36.9 Å². The van der Waals surface area contributed by atoms with Gasteiger partial charge in [-0.25, -0.2) is 4.39 Å². The van der Waals surface area contributed by atoms with Gasteiger partial charge >= 0.3 is 0 Å². The molecule has 6 heteroatoms. The zero-order chi connectivity index (χ0) is 19.5. The van der Waals surface area contributed by atoms with Gasteiger partial charge in [-0.05, 0) is 55.6 Å². The summed E-state index contributed by atoms with van der Waals surface area (Å²) in [6.45, 7) is 3.64. The molecule has 4 nitrogen and oxygen atoms in total. The van der Waals surface area contributed by atoms with Gasteiger partial charge in [0.15, 0.2) is 0 Å². The van der Waals surface area contributed by atoms with E-state index < -0.39 is 0 Å². The third-order valence-electron chi connectivity index (χ3n) is 5.99. The molecule has 1 aromatic heterocycles. The van der Waals surface area contributed by atoms with E-state index in [4.69, 9.17) is 21.1 Å². The van der Waals surface area contributed by atoms with Crippen LogP contribution in [0, 0.1) is 5.82 Å². The Hall–Kier alpha value is -1.53. The smallest absolute Gasteiger partial charge is 0.141 e. The molecule has 0 unspecified atom stereocenters. The standard InChI is InChI=1S/C22H26ClFN2O2/c23-18-3-1-2-17(12-18)13-25-9-6-21(20-5-4-19(24)14-26-20)7-11-28-22(15-21)8-10-27-16-22/h1-5,12,14,25H,6-11,13,15-16H2/t21-,22-/m1/s1. The first-order valence-electron chi connectivity index (χ1n) is 9.88. The van der Waals surface area contributed by atoms with E-state index in [9.17, 15) is 4.39 Å². The van der Waals surface area contributed by atoms with Crippen molar-refractivity contribution in [2.75, 3.05) is 26.4 Å². The van der Waals surface area contributed by atoms with E-state index in [0.717, 1.165) is 61.7 Å². The van der Waals surface area contributed by atoms with Gasteiger partial charge in [0.2, 0.25) is 0 Å². The molecule has 150 valence electrons. The Kier molecular flexibility index (Phi) is 5.97. The molecule has 0 saturated carbocycles. The fraction of sp³-hybridized carbons (Fsp3) is 0.500. The fourth-order valence-electron chi connectivity index (χ4n) is 4.52. The number of nitrogens with one attached hydrogen (secondary N) is 1. The van der Waals surface area contributed by atoms with Gasteiger partial charge in [0.1, 0.15) is 5.82 Å². The highest BCUT2D eigenvalue weighted by molar-refractivity contribution is 6.30. The molecule has 0 radical (unpaired) electrons. The lowest BCUT2D eigenvalue weighted by molar-refractivity contribution is -0.109. The molecule has 1 spiro atoms. The number of aromatic nitrogens is 1. The van der Waals surface area contributed by atoms with Crippen LogP contribution in [0.15, 0.2) is 42.6 Å². The van der Waals surface area contributed by atoms with Crippen LogP contribution in [-0.2, 0) is 21.4 Å². The maximum Gasteiger partial charge on any atom is 0.141 e. The zero-order valence-corrected chi connectivity index (χ0v) is 16.7. The second-order valence-corrected chi connectivity index (χ2v) is 8.40. The van der Waals surface area contributed by atoms with Crippen molar-refractivity contribution in [2.45, 2.75) is 43.2 Å². The summed E-state index contributed by atoms with van der Waals surface area (Å²) < 4.78 is 25.3. The Morgan fingerprint density at radius 2 is 2.11 bits per heavy atom. The summed E-state index contributed by atoms with van der Waals surface area (Å²) in [5, 5.41) is 4.28. The Bertz CT molecular complexity index is 795. The lowest BCUT2D eigenvalue weighted by Gasteiger charge is -2.45. The lowest BCUT2D eigenvalue weighted by atomic mass is 9.68. The Morgan fingerprint density at radius 3 is 2.86 bits per heavy atom. The van der Waals surface area contributed by atoms with Crippen molar-refractivity contribution in [2.24, 2.45) is 0 Å². The molecule has 0 aliphatic carbocycles. The summed E-state index contributed by atoms with van der Waals surface area (Å²) >= 11 is 6.07. The second kappa shape index (κ2) is 8.46. The predicted molar refractivity (Wildman–Crippen MR) is 107 cm³/mol. The lowest BCUT2D eigenvalue weighted by Crippen LogP contribution is -2.49. The molecular formula is C22H26ClFN2O2. The minimum atomic E-state index is -0.302. The van der Waals surface area contributed by atoms with Gasteiger partial charge in [0, 0.05) is 42.3 Å². The van der Waals surface area contributed by atoms with Crippen LogP contribution < -0.4 is 5.32 Å². The fourth-order valence-corrected chi connectivity index (χ4v) is 4.73. The molecule has 2 saturated heterocycles. The zero-order valence-electron chi connectivity index (χ0n) is 15.9. The summed E-state index contributed by atoms with van der Waals surface area (Å²) in [6.07, 6.45) is 4.89. The van der Waals surface area contributed by atoms with Crippen molar-refractivity contribution in [3.8, 4) is 0 Å². The maximum absolute atomic E-state index is 13.5. The van der Waals surface area contributed by atoms with Crippen molar-refractivity contribution in [1.29, 1.82) is 0 Å². The summed E-state index contributed by atoms with van der Waals surface area (Å²) in [5.41, 5.74) is 1.74. The van der Waals surface area contributed by atoms with E-state index in [2.05, 4.69) is 16.4 Å². The first-order valence-corrected chi connectivity index (χ1v) is 10.3. The molecule has 2 aliphatic heterocycles. The predicted octanol–water partition coefficient (Wildman–Crippen LogP) is 4.26. The van der Waals surface area contributed by atoms with Gasteiger partial charge in [-0.3, -0.25) is 4.98 Å². The van der Waals surface area contributed by atoms with Crippen molar-refractivity contribution >= 4 is 11.6 Å². The molecule has 0 bridgehead atoms. The topological polar surface area (TPSA) is 43.4 Å². The number of halogens is 2. The molecule has 2 atom stereocenters. The summed E-state index contributed by atoms with van der Waals surface area (Å²) in [5.74, 6) is -0.302. The van der Waals surface area contributed by atoms with Crippen LogP contribution >= 0.6 is 11.6 Å². The average molecular weight is 405 g/mol. The highest BCUT2D eigenvalue weighted by Gasteiger charge is 2.49. The van der Waals surface area contributed by atoms with Gasteiger partial charge in [-0.15, -0.1) is 0 Å². The Labute approximate surface area is 170 Å². The molecule has 0 amide bonds. The second-order valence-electron chi connectivity index (χ2n) is 7.96. The molecule has 4 rings (SSSR count). The van der Waals surface area contributed by atoms with Crippen LogP contribution in [0.4, 0.5) is 4.39 Å². The van der Waals surface area contributed by atoms with Crippen LogP contribution in [0.3, 0.4) is 0 Å². The van der Waals surface area contributed by atoms with Crippen LogP contribution in [0.2, 0.25) is 5.02 Å². The quantitative estimate of drug-likeness (QED) is 0.730. The number of hydrogen-bond acceptors (Lipinski definition) is 4. The Morgan fingerprint density at radius 1 is 1.18 bits per heavy atom. The van der Waals surface area contributed by atoms with Crippen LogP contribution in [0.5, 0.6) is 0 Å². The highest BCUT2D eigenvalue weighted by atomic mass is 35.5. The number of rotatable bonds is 6. The first kappa shape index (κ1) is 19.8. The summed E-state index contributed by atoms with van der Waals surface area (Å²) in [7, 11) is 0. The van der Waals surface area contributed by atoms with Gasteiger partial charge in [0.25, 0.3) is 0 Å². The van der Waals surface area contributed by atoms with Gasteiger partial charge in [-0.1, -0.05) is 23.7 Å². The molecule has 28 heavy (non-hydrogen) atoms. The Balaban J connectivity index is 1.47. The highest BCUT2D eigenvalue weighted by Crippen LogP contribution is 2.46. The molecule has 1 aromatic carbocycles. The monoisotopic (exact) mass is 404 g/mol. The van der Waals surface area contributed by atoms with E-state index >= 15 is 0 Å². The number of pyridine rings is 1. The van der Waals surface area contributed by atoms with E-state index in [1.807, 2.05) is 24.3 Å². The van der Waals surface area contributed by atoms with Gasteiger partial charge in [-0.2, -0.15) is 0 Å². The minimum Gasteiger partial charge on any atom is -0.378 e. The van der Waals surface area contributed by atoms with E-state index in [1.54, 1.807) is 0 Å². The first-order chi connectivity index (χ1) is 13.6. The molecule has 1 N–H and O–H groups in total. The van der Waals surface area contributed by atoms with Crippen molar-refractivity contribution in [1.82, 2.24) is 10.3 Å². The van der Waals surface area contributed by atoms with Crippen molar-refractivity contribution in [3.63, 3.8) is 0 Å². The molecule has 3 heterocycles. The minimum absolute atomic E-state index is 0.138. The average Bonchev–Trinajstić information content (AvgIpc) is 3.13. The van der Waals surface area contributed by atoms with Crippen molar-refractivity contribution < 1.29 is 13.9 Å². The largest absolute Gasteiger partial charge is 0.378 e. The number of benzene rings is 1. The van der Waals surface area contributed by atoms with E-state index in [0.29, 0.717) is 13.2 Å². The van der Waals surface area contributed by atoms with E-state index in [-0.39, 0.29) is 16.8 Å². The molecule has 2 aliphatic rings. The third-order valence-corrected chi connectivity index (χ3v) is 6.22. The molecule has 2 aromatic rings. The molecule has 2 fully saturated rings. The normalized spacial score (nSPS) is 27.4. The van der Waals surface area contributed by atoms with Crippen LogP contribution in [-0.4, -0.2) is 37.0 Å². The van der Waals surface area contributed by atoms with E-state index in [1.165, 1.54) is 12.3 Å². The van der Waals surface area contributed by atoms with Crippen molar-refractivity contribution in [3.05, 3.63) is 64.7 Å². The number of ether oxygens (including phenoxy) is 2. The third kappa shape index (κ3) is 4.38. The van der Waals surface area contributed by atoms with Gasteiger partial charge in [0.05, 0.1) is 18.4 Å². The SMILES string of the molecule is Fc1ccc([C@]2(CCNCc3cccc(Cl)c3)CCO[C@]3(CCOC3)C2)nc1. The summed E-state index contributed by atoms with van der Waals surface area (Å²) in [6, 6.07) is 11.2. The number of hydrogen-bond donors (Lipinski definition) is 1. The number of nitrogens with zero attached hydrogens (tertiary/aromatic N) is 1. The van der Waals surface area contributed by atoms with Gasteiger partial charge < -0.3 is 14.8 Å². The van der Waals surface area contributed by atoms with Crippen LogP contribution in [0.25, 0.3) is 0 Å².